The van der Waals surface area contributed by atoms with E-state index >= 15 is 0 Å². The zero-order valence-corrected chi connectivity index (χ0v) is 14.7. The molecule has 2 amide bonds. The lowest BCUT2D eigenvalue weighted by Crippen LogP contribution is -2.44. The summed E-state index contributed by atoms with van der Waals surface area (Å²) in [5.41, 5.74) is 3.14. The SMILES string of the molecule is CCn1c(C)cc(C(=O)N2CCC3(CC2)CC(=O)N(C)C3)c1C. The lowest BCUT2D eigenvalue weighted by molar-refractivity contribution is -0.126. The molecule has 0 radical (unpaired) electrons. The molecule has 2 aliphatic rings. The summed E-state index contributed by atoms with van der Waals surface area (Å²) in [6.07, 6.45) is 2.51. The van der Waals surface area contributed by atoms with Crippen molar-refractivity contribution in [1.82, 2.24) is 14.4 Å². The summed E-state index contributed by atoms with van der Waals surface area (Å²) in [5, 5.41) is 0. The highest BCUT2D eigenvalue weighted by molar-refractivity contribution is 5.95. The second-order valence-electron chi connectivity index (χ2n) is 7.25. The average Bonchev–Trinajstić information content (AvgIpc) is 2.95. The maximum absolute atomic E-state index is 12.9. The second kappa shape index (κ2) is 5.69. The van der Waals surface area contributed by atoms with Gasteiger partial charge in [-0.25, -0.2) is 0 Å². The number of aryl methyl sites for hydroxylation is 1. The van der Waals surface area contributed by atoms with Crippen LogP contribution >= 0.6 is 0 Å². The van der Waals surface area contributed by atoms with Crippen LogP contribution in [0.3, 0.4) is 0 Å². The third-order valence-electron chi connectivity index (χ3n) is 5.76. The van der Waals surface area contributed by atoms with Gasteiger partial charge < -0.3 is 14.4 Å². The van der Waals surface area contributed by atoms with Crippen molar-refractivity contribution in [3.05, 3.63) is 23.0 Å². The van der Waals surface area contributed by atoms with Gasteiger partial charge in [-0.2, -0.15) is 0 Å². The summed E-state index contributed by atoms with van der Waals surface area (Å²) >= 11 is 0. The van der Waals surface area contributed by atoms with Crippen LogP contribution in [0.5, 0.6) is 0 Å². The van der Waals surface area contributed by atoms with Crippen molar-refractivity contribution in [1.29, 1.82) is 0 Å². The van der Waals surface area contributed by atoms with Gasteiger partial charge in [-0.05, 0) is 39.7 Å². The first kappa shape index (κ1) is 16.1. The minimum atomic E-state index is 0.100. The first-order chi connectivity index (χ1) is 10.9. The van der Waals surface area contributed by atoms with Crippen LogP contribution in [0, 0.1) is 19.3 Å². The molecule has 0 aromatic carbocycles. The third kappa shape index (κ3) is 2.66. The fraction of sp³-hybridized carbons (Fsp3) is 0.667. The van der Waals surface area contributed by atoms with Crippen LogP contribution < -0.4 is 0 Å². The number of amides is 2. The molecule has 1 aromatic rings. The Morgan fingerprint density at radius 2 is 1.91 bits per heavy atom. The Balaban J connectivity index is 1.71. The molecule has 2 fully saturated rings. The molecule has 5 nitrogen and oxygen atoms in total. The van der Waals surface area contributed by atoms with E-state index in [4.69, 9.17) is 0 Å². The van der Waals surface area contributed by atoms with Crippen molar-refractivity contribution in [2.75, 3.05) is 26.7 Å². The normalized spacial score (nSPS) is 20.6. The maximum atomic E-state index is 12.9. The van der Waals surface area contributed by atoms with Gasteiger partial charge in [0.15, 0.2) is 0 Å². The number of hydrogen-bond donors (Lipinski definition) is 0. The predicted octanol–water partition coefficient (Wildman–Crippen LogP) is 2.21. The minimum Gasteiger partial charge on any atom is -0.349 e. The Kier molecular flexibility index (Phi) is 3.98. The van der Waals surface area contributed by atoms with E-state index in [0.29, 0.717) is 6.42 Å². The largest absolute Gasteiger partial charge is 0.349 e. The van der Waals surface area contributed by atoms with E-state index in [0.717, 1.165) is 56.0 Å². The van der Waals surface area contributed by atoms with Gasteiger partial charge in [-0.15, -0.1) is 0 Å². The molecule has 2 aliphatic heterocycles. The second-order valence-corrected chi connectivity index (χ2v) is 7.25. The van der Waals surface area contributed by atoms with Gasteiger partial charge in [0.2, 0.25) is 5.91 Å². The standard InChI is InChI=1S/C18H27N3O2/c1-5-21-13(2)10-15(14(21)3)17(23)20-8-6-18(7-9-20)11-16(22)19(4)12-18/h10H,5-9,11-12H2,1-4H3. The van der Waals surface area contributed by atoms with Gasteiger partial charge in [-0.3, -0.25) is 9.59 Å². The molecule has 0 atom stereocenters. The van der Waals surface area contributed by atoms with Crippen molar-refractivity contribution in [3.8, 4) is 0 Å². The number of piperidine rings is 1. The van der Waals surface area contributed by atoms with Gasteiger partial charge in [0.1, 0.15) is 0 Å². The molecule has 0 saturated carbocycles. The Bertz CT molecular complexity index is 639. The molecule has 1 spiro atoms. The van der Waals surface area contributed by atoms with Gasteiger partial charge >= 0.3 is 0 Å². The molecule has 1 aromatic heterocycles. The molecule has 0 aliphatic carbocycles. The molecule has 0 N–H and O–H groups in total. The highest BCUT2D eigenvalue weighted by Crippen LogP contribution is 2.40. The van der Waals surface area contributed by atoms with Crippen LogP contribution in [0.2, 0.25) is 0 Å². The van der Waals surface area contributed by atoms with E-state index in [1.807, 2.05) is 29.8 Å². The van der Waals surface area contributed by atoms with E-state index in [2.05, 4.69) is 18.4 Å². The van der Waals surface area contributed by atoms with Crippen LogP contribution in [-0.2, 0) is 11.3 Å². The number of likely N-dealkylation sites (tertiary alicyclic amines) is 2. The zero-order valence-electron chi connectivity index (χ0n) is 14.7. The van der Waals surface area contributed by atoms with E-state index < -0.39 is 0 Å². The molecule has 5 heteroatoms. The first-order valence-corrected chi connectivity index (χ1v) is 8.57. The summed E-state index contributed by atoms with van der Waals surface area (Å²) in [4.78, 5) is 28.5. The van der Waals surface area contributed by atoms with E-state index in [1.165, 1.54) is 0 Å². The smallest absolute Gasteiger partial charge is 0.255 e. The molecule has 0 unspecified atom stereocenters. The van der Waals surface area contributed by atoms with Crippen LogP contribution in [0.25, 0.3) is 0 Å². The van der Waals surface area contributed by atoms with Gasteiger partial charge in [0, 0.05) is 56.5 Å². The van der Waals surface area contributed by atoms with Crippen molar-refractivity contribution in [2.24, 2.45) is 5.41 Å². The van der Waals surface area contributed by atoms with Crippen LogP contribution in [0.4, 0.5) is 0 Å². The fourth-order valence-corrected chi connectivity index (χ4v) is 4.30. The van der Waals surface area contributed by atoms with E-state index in [1.54, 1.807) is 0 Å². The van der Waals surface area contributed by atoms with Crippen LogP contribution in [0.1, 0.15) is 47.9 Å². The van der Waals surface area contributed by atoms with Crippen molar-refractivity contribution >= 4 is 11.8 Å². The van der Waals surface area contributed by atoms with Crippen molar-refractivity contribution in [3.63, 3.8) is 0 Å². The maximum Gasteiger partial charge on any atom is 0.255 e. The number of hydrogen-bond acceptors (Lipinski definition) is 2. The van der Waals surface area contributed by atoms with Crippen LogP contribution in [-0.4, -0.2) is 52.9 Å². The predicted molar refractivity (Wildman–Crippen MR) is 89.4 cm³/mol. The topological polar surface area (TPSA) is 45.6 Å². The Hall–Kier alpha value is -1.78. The fourth-order valence-electron chi connectivity index (χ4n) is 4.30. The lowest BCUT2D eigenvalue weighted by Gasteiger charge is -2.38. The number of carbonyl (C=O) groups is 2. The molecule has 23 heavy (non-hydrogen) atoms. The number of nitrogens with zero attached hydrogens (tertiary/aromatic N) is 3. The van der Waals surface area contributed by atoms with Crippen LogP contribution in [0.15, 0.2) is 6.07 Å². The molecule has 126 valence electrons. The average molecular weight is 317 g/mol. The highest BCUT2D eigenvalue weighted by atomic mass is 16.2. The number of aromatic nitrogens is 1. The lowest BCUT2D eigenvalue weighted by atomic mass is 9.77. The first-order valence-electron chi connectivity index (χ1n) is 8.57. The molecular weight excluding hydrogens is 290 g/mol. The Morgan fingerprint density at radius 1 is 1.26 bits per heavy atom. The van der Waals surface area contributed by atoms with Crippen molar-refractivity contribution < 1.29 is 9.59 Å². The monoisotopic (exact) mass is 317 g/mol. The van der Waals surface area contributed by atoms with Gasteiger partial charge in [-0.1, -0.05) is 0 Å². The molecule has 2 saturated heterocycles. The zero-order chi connectivity index (χ0) is 16.8. The molecular formula is C18H27N3O2. The Morgan fingerprint density at radius 3 is 2.39 bits per heavy atom. The summed E-state index contributed by atoms with van der Waals surface area (Å²) in [7, 11) is 1.88. The van der Waals surface area contributed by atoms with E-state index in [-0.39, 0.29) is 17.2 Å². The number of rotatable bonds is 2. The van der Waals surface area contributed by atoms with Gasteiger partial charge in [0.25, 0.3) is 5.91 Å². The van der Waals surface area contributed by atoms with Gasteiger partial charge in [0.05, 0.1) is 5.56 Å². The quantitative estimate of drug-likeness (QED) is 0.839. The summed E-state index contributed by atoms with van der Waals surface area (Å²) in [5.74, 6) is 0.390. The molecule has 3 heterocycles. The Labute approximate surface area is 138 Å². The highest BCUT2D eigenvalue weighted by Gasteiger charge is 2.44. The molecule has 0 bridgehead atoms. The van der Waals surface area contributed by atoms with Crippen molar-refractivity contribution in [2.45, 2.75) is 46.6 Å². The molecule has 3 rings (SSSR count). The summed E-state index contributed by atoms with van der Waals surface area (Å²) in [6.45, 7) is 9.44. The summed E-state index contributed by atoms with van der Waals surface area (Å²) in [6, 6.07) is 2.01. The third-order valence-corrected chi connectivity index (χ3v) is 5.76. The number of carbonyl (C=O) groups excluding carboxylic acids is 2. The minimum absolute atomic E-state index is 0.100. The summed E-state index contributed by atoms with van der Waals surface area (Å²) < 4.78 is 2.18. The van der Waals surface area contributed by atoms with E-state index in [9.17, 15) is 9.59 Å².